The zero-order valence-corrected chi connectivity index (χ0v) is 9.93. The third-order valence-corrected chi connectivity index (χ3v) is 2.25. The van der Waals surface area contributed by atoms with Gasteiger partial charge in [0, 0.05) is 18.9 Å². The van der Waals surface area contributed by atoms with Crippen LogP contribution in [-0.2, 0) is 0 Å². The number of nitrogens with zero attached hydrogens (tertiary/aromatic N) is 1. The smallest absolute Gasteiger partial charge is 0.337 e. The van der Waals surface area contributed by atoms with Gasteiger partial charge < -0.3 is 10.4 Å². The molecule has 0 unspecified atom stereocenters. The highest BCUT2D eigenvalue weighted by atomic mass is 16.4. The molecule has 0 saturated carbocycles. The summed E-state index contributed by atoms with van der Waals surface area (Å²) >= 11 is 0. The molecule has 0 aliphatic heterocycles. The van der Waals surface area contributed by atoms with Gasteiger partial charge in [-0.15, -0.1) is 0 Å². The molecule has 5 nitrogen and oxygen atoms in total. The Morgan fingerprint density at radius 1 is 1.35 bits per heavy atom. The maximum Gasteiger partial charge on any atom is 0.337 e. The number of nitrogens with one attached hydrogen (secondary N) is 1. The molecule has 1 rings (SSSR count). The number of carbonyl (C=O) groups is 2. The van der Waals surface area contributed by atoms with Crippen LogP contribution in [0.25, 0.3) is 0 Å². The van der Waals surface area contributed by atoms with E-state index in [9.17, 15) is 9.59 Å². The van der Waals surface area contributed by atoms with Gasteiger partial charge in [0.2, 0.25) is 0 Å². The minimum Gasteiger partial charge on any atom is -0.478 e. The molecular formula is C12H16N2O3. The average molecular weight is 236 g/mol. The molecule has 0 bridgehead atoms. The van der Waals surface area contributed by atoms with Gasteiger partial charge in [0.05, 0.1) is 11.1 Å². The van der Waals surface area contributed by atoms with E-state index in [0.29, 0.717) is 12.5 Å². The van der Waals surface area contributed by atoms with E-state index < -0.39 is 5.97 Å². The van der Waals surface area contributed by atoms with Crippen molar-refractivity contribution in [3.8, 4) is 0 Å². The van der Waals surface area contributed by atoms with Crippen molar-refractivity contribution in [3.05, 3.63) is 29.6 Å². The van der Waals surface area contributed by atoms with Crippen molar-refractivity contribution in [3.63, 3.8) is 0 Å². The standard InChI is InChI=1S/C12H16N2O3/c1-8(2)3-4-14-11(15)9-5-10(12(16)17)7-13-6-9/h5-8H,3-4H2,1-2H3,(H,14,15)(H,16,17). The summed E-state index contributed by atoms with van der Waals surface area (Å²) in [5, 5.41) is 11.5. The molecule has 2 N–H and O–H groups in total. The minimum atomic E-state index is -1.09. The zero-order valence-electron chi connectivity index (χ0n) is 9.93. The topological polar surface area (TPSA) is 79.3 Å². The van der Waals surface area contributed by atoms with Gasteiger partial charge in [0.15, 0.2) is 0 Å². The Morgan fingerprint density at radius 2 is 2.00 bits per heavy atom. The quantitative estimate of drug-likeness (QED) is 0.813. The summed E-state index contributed by atoms with van der Waals surface area (Å²) < 4.78 is 0. The van der Waals surface area contributed by atoms with E-state index in [0.717, 1.165) is 6.42 Å². The number of amides is 1. The first-order chi connectivity index (χ1) is 8.00. The third kappa shape index (κ3) is 4.22. The van der Waals surface area contributed by atoms with Gasteiger partial charge in [0.1, 0.15) is 0 Å². The molecule has 92 valence electrons. The highest BCUT2D eigenvalue weighted by molar-refractivity contribution is 5.96. The van der Waals surface area contributed by atoms with Crippen LogP contribution < -0.4 is 5.32 Å². The lowest BCUT2D eigenvalue weighted by Gasteiger charge is -2.07. The highest BCUT2D eigenvalue weighted by Gasteiger charge is 2.09. The molecule has 17 heavy (non-hydrogen) atoms. The monoisotopic (exact) mass is 236 g/mol. The van der Waals surface area contributed by atoms with Crippen molar-refractivity contribution in [2.24, 2.45) is 5.92 Å². The Labute approximate surface area is 99.9 Å². The second-order valence-corrected chi connectivity index (χ2v) is 4.21. The van der Waals surface area contributed by atoms with Crippen molar-refractivity contribution in [1.29, 1.82) is 0 Å². The van der Waals surface area contributed by atoms with Crippen LogP contribution in [0.5, 0.6) is 0 Å². The maximum absolute atomic E-state index is 11.7. The van der Waals surface area contributed by atoms with Crippen LogP contribution in [0, 0.1) is 5.92 Å². The summed E-state index contributed by atoms with van der Waals surface area (Å²) in [6.07, 6.45) is 3.46. The van der Waals surface area contributed by atoms with Gasteiger partial charge in [-0.1, -0.05) is 13.8 Å². The Balaban J connectivity index is 2.63. The van der Waals surface area contributed by atoms with Crippen molar-refractivity contribution in [1.82, 2.24) is 10.3 Å². The van der Waals surface area contributed by atoms with Crippen molar-refractivity contribution < 1.29 is 14.7 Å². The van der Waals surface area contributed by atoms with E-state index >= 15 is 0 Å². The lowest BCUT2D eigenvalue weighted by Crippen LogP contribution is -2.25. The van der Waals surface area contributed by atoms with Gasteiger partial charge in [0.25, 0.3) is 5.91 Å². The maximum atomic E-state index is 11.7. The number of hydrogen-bond donors (Lipinski definition) is 2. The molecule has 1 heterocycles. The predicted molar refractivity (Wildman–Crippen MR) is 63.0 cm³/mol. The molecule has 0 aliphatic carbocycles. The van der Waals surface area contributed by atoms with Crippen LogP contribution in [0.4, 0.5) is 0 Å². The fourth-order valence-electron chi connectivity index (χ4n) is 1.26. The second-order valence-electron chi connectivity index (χ2n) is 4.21. The molecule has 5 heteroatoms. The van der Waals surface area contributed by atoms with E-state index in [1.807, 2.05) is 0 Å². The van der Waals surface area contributed by atoms with E-state index in [2.05, 4.69) is 24.1 Å². The number of carboxylic acid groups (broad SMARTS) is 1. The summed E-state index contributed by atoms with van der Waals surface area (Å²) in [5.41, 5.74) is 0.287. The van der Waals surface area contributed by atoms with E-state index in [1.165, 1.54) is 18.5 Å². The van der Waals surface area contributed by atoms with E-state index in [4.69, 9.17) is 5.11 Å². The molecule has 0 radical (unpaired) electrons. The lowest BCUT2D eigenvalue weighted by molar-refractivity contribution is 0.0696. The lowest BCUT2D eigenvalue weighted by atomic mass is 10.1. The van der Waals surface area contributed by atoms with E-state index in [-0.39, 0.29) is 17.0 Å². The summed E-state index contributed by atoms with van der Waals surface area (Å²) in [6.45, 7) is 4.71. The van der Waals surface area contributed by atoms with Crippen LogP contribution in [0.3, 0.4) is 0 Å². The van der Waals surface area contributed by atoms with Crippen molar-refractivity contribution >= 4 is 11.9 Å². The van der Waals surface area contributed by atoms with Crippen molar-refractivity contribution in [2.45, 2.75) is 20.3 Å². The Bertz CT molecular complexity index is 416. The molecule has 0 saturated heterocycles. The summed E-state index contributed by atoms with van der Waals surface area (Å²) in [5.74, 6) is -0.866. The SMILES string of the molecule is CC(C)CCNC(=O)c1cncc(C(=O)O)c1. The number of pyridine rings is 1. The Kier molecular flexibility index (Phi) is 4.63. The minimum absolute atomic E-state index is 0.0153. The first kappa shape index (κ1) is 13.2. The number of hydrogen-bond acceptors (Lipinski definition) is 3. The van der Waals surface area contributed by atoms with Gasteiger partial charge >= 0.3 is 5.97 Å². The van der Waals surface area contributed by atoms with Crippen LogP contribution in [0.15, 0.2) is 18.5 Å². The summed E-state index contributed by atoms with van der Waals surface area (Å²) in [7, 11) is 0. The number of aromatic carboxylic acids is 1. The highest BCUT2D eigenvalue weighted by Crippen LogP contribution is 2.03. The fraction of sp³-hybridized carbons (Fsp3) is 0.417. The fourth-order valence-corrected chi connectivity index (χ4v) is 1.26. The summed E-state index contributed by atoms with van der Waals surface area (Å²) in [6, 6.07) is 1.32. The van der Waals surface area contributed by atoms with Crippen LogP contribution in [-0.4, -0.2) is 28.5 Å². The molecular weight excluding hydrogens is 220 g/mol. The first-order valence-electron chi connectivity index (χ1n) is 5.47. The third-order valence-electron chi connectivity index (χ3n) is 2.25. The molecule has 0 aliphatic rings. The molecule has 0 fully saturated rings. The van der Waals surface area contributed by atoms with Gasteiger partial charge in [-0.05, 0) is 18.4 Å². The predicted octanol–water partition coefficient (Wildman–Crippen LogP) is 1.56. The molecule has 1 amide bonds. The number of aromatic nitrogens is 1. The Hall–Kier alpha value is -1.91. The average Bonchev–Trinajstić information content (AvgIpc) is 2.28. The van der Waals surface area contributed by atoms with Gasteiger partial charge in [-0.2, -0.15) is 0 Å². The van der Waals surface area contributed by atoms with Gasteiger partial charge in [-0.25, -0.2) is 4.79 Å². The summed E-state index contributed by atoms with van der Waals surface area (Å²) in [4.78, 5) is 26.1. The van der Waals surface area contributed by atoms with E-state index in [1.54, 1.807) is 0 Å². The van der Waals surface area contributed by atoms with Gasteiger partial charge in [-0.3, -0.25) is 9.78 Å². The number of carboxylic acids is 1. The number of carbonyl (C=O) groups excluding carboxylic acids is 1. The largest absolute Gasteiger partial charge is 0.478 e. The van der Waals surface area contributed by atoms with Crippen LogP contribution >= 0.6 is 0 Å². The number of rotatable bonds is 5. The second kappa shape index (κ2) is 5.98. The molecule has 1 aromatic rings. The first-order valence-corrected chi connectivity index (χ1v) is 5.47. The molecule has 1 aromatic heterocycles. The van der Waals surface area contributed by atoms with Crippen LogP contribution in [0.2, 0.25) is 0 Å². The normalized spacial score (nSPS) is 10.3. The van der Waals surface area contributed by atoms with Crippen molar-refractivity contribution in [2.75, 3.05) is 6.54 Å². The molecule has 0 spiro atoms. The molecule has 0 atom stereocenters. The zero-order chi connectivity index (χ0) is 12.8. The Morgan fingerprint density at radius 3 is 2.59 bits per heavy atom. The van der Waals surface area contributed by atoms with Crippen LogP contribution in [0.1, 0.15) is 41.0 Å². The molecule has 0 aromatic carbocycles.